The maximum Gasteiger partial charge on any atom is 0.240 e. The molecule has 4 heteroatoms. The molecule has 1 saturated heterocycles. The summed E-state index contributed by atoms with van der Waals surface area (Å²) in [5, 5.41) is 3.34. The van der Waals surface area contributed by atoms with Crippen LogP contribution in [0.15, 0.2) is 0 Å². The molecule has 1 N–H and O–H groups in total. The predicted octanol–water partition coefficient (Wildman–Crippen LogP) is 2.10. The standard InChI is InChI=1S/C16H33N3O/c1-4-5-6-7-8-9-10-12-19-13-11-17-14-15(19)16(20)18(2)3/h15,17H,4-14H2,1-3H3. The van der Waals surface area contributed by atoms with Crippen molar-refractivity contribution >= 4 is 5.91 Å². The van der Waals surface area contributed by atoms with Gasteiger partial charge in [-0.2, -0.15) is 0 Å². The first-order chi connectivity index (χ1) is 9.66. The summed E-state index contributed by atoms with van der Waals surface area (Å²) in [6.45, 7) is 6.13. The monoisotopic (exact) mass is 283 g/mol. The van der Waals surface area contributed by atoms with E-state index in [0.29, 0.717) is 0 Å². The quantitative estimate of drug-likeness (QED) is 0.658. The average Bonchev–Trinajstić information content (AvgIpc) is 2.46. The Labute approximate surface area is 124 Å². The zero-order valence-corrected chi connectivity index (χ0v) is 13.7. The van der Waals surface area contributed by atoms with E-state index in [0.717, 1.165) is 26.2 Å². The number of rotatable bonds is 9. The Morgan fingerprint density at radius 2 is 1.80 bits per heavy atom. The number of likely N-dealkylation sites (N-methyl/N-ethyl adjacent to an activating group) is 1. The molecule has 0 radical (unpaired) electrons. The summed E-state index contributed by atoms with van der Waals surface area (Å²) in [6, 6.07) is 0.0406. The Balaban J connectivity index is 2.20. The first kappa shape index (κ1) is 17.4. The Kier molecular flexibility index (Phi) is 8.86. The lowest BCUT2D eigenvalue weighted by molar-refractivity contribution is -0.135. The fourth-order valence-corrected chi connectivity index (χ4v) is 2.83. The molecule has 0 bridgehead atoms. The van der Waals surface area contributed by atoms with Crippen molar-refractivity contribution in [1.29, 1.82) is 0 Å². The topological polar surface area (TPSA) is 35.6 Å². The summed E-state index contributed by atoms with van der Waals surface area (Å²) in [6.07, 6.45) is 9.31. The van der Waals surface area contributed by atoms with Crippen molar-refractivity contribution in [3.8, 4) is 0 Å². The van der Waals surface area contributed by atoms with Crippen LogP contribution in [-0.2, 0) is 4.79 Å². The van der Waals surface area contributed by atoms with Crippen LogP contribution in [0, 0.1) is 0 Å². The highest BCUT2D eigenvalue weighted by molar-refractivity contribution is 5.81. The number of carbonyl (C=O) groups is 1. The summed E-state index contributed by atoms with van der Waals surface area (Å²) in [5.41, 5.74) is 0. The Hall–Kier alpha value is -0.610. The maximum absolute atomic E-state index is 12.2. The number of carbonyl (C=O) groups excluding carboxylic acids is 1. The molecule has 1 amide bonds. The van der Waals surface area contributed by atoms with E-state index < -0.39 is 0 Å². The van der Waals surface area contributed by atoms with Crippen molar-refractivity contribution in [1.82, 2.24) is 15.1 Å². The lowest BCUT2D eigenvalue weighted by Gasteiger charge is -2.36. The first-order valence-corrected chi connectivity index (χ1v) is 8.32. The number of amides is 1. The van der Waals surface area contributed by atoms with E-state index in [1.165, 1.54) is 44.9 Å². The van der Waals surface area contributed by atoms with E-state index >= 15 is 0 Å². The number of hydrogen-bond acceptors (Lipinski definition) is 3. The van der Waals surface area contributed by atoms with Gasteiger partial charge in [-0.05, 0) is 13.0 Å². The Bertz CT molecular complexity index is 268. The van der Waals surface area contributed by atoms with E-state index in [4.69, 9.17) is 0 Å². The minimum Gasteiger partial charge on any atom is -0.347 e. The third-order valence-corrected chi connectivity index (χ3v) is 4.13. The fraction of sp³-hybridized carbons (Fsp3) is 0.938. The number of nitrogens with one attached hydrogen (secondary N) is 1. The molecule has 1 aliphatic heterocycles. The van der Waals surface area contributed by atoms with Crippen LogP contribution < -0.4 is 5.32 Å². The molecule has 1 aliphatic rings. The van der Waals surface area contributed by atoms with E-state index in [1.54, 1.807) is 4.90 Å². The van der Waals surface area contributed by atoms with Crippen molar-refractivity contribution in [3.05, 3.63) is 0 Å². The summed E-state index contributed by atoms with van der Waals surface area (Å²) < 4.78 is 0. The fourth-order valence-electron chi connectivity index (χ4n) is 2.83. The molecule has 1 unspecified atom stereocenters. The average molecular weight is 283 g/mol. The molecule has 0 saturated carbocycles. The zero-order valence-electron chi connectivity index (χ0n) is 13.7. The Morgan fingerprint density at radius 3 is 2.45 bits per heavy atom. The van der Waals surface area contributed by atoms with Gasteiger partial charge in [0.2, 0.25) is 5.91 Å². The number of nitrogens with zero attached hydrogens (tertiary/aromatic N) is 2. The molecule has 0 aromatic rings. The summed E-state index contributed by atoms with van der Waals surface area (Å²) in [7, 11) is 3.70. The van der Waals surface area contributed by atoms with Crippen LogP contribution in [0.4, 0.5) is 0 Å². The molecule has 0 aliphatic carbocycles. The maximum atomic E-state index is 12.2. The lowest BCUT2D eigenvalue weighted by atomic mass is 10.1. The first-order valence-electron chi connectivity index (χ1n) is 8.32. The second-order valence-electron chi connectivity index (χ2n) is 6.11. The van der Waals surface area contributed by atoms with Gasteiger partial charge in [0, 0.05) is 33.7 Å². The predicted molar refractivity (Wildman–Crippen MR) is 84.9 cm³/mol. The van der Waals surface area contributed by atoms with E-state index in [9.17, 15) is 4.79 Å². The molecule has 118 valence electrons. The van der Waals surface area contributed by atoms with Crippen molar-refractivity contribution in [2.45, 2.75) is 57.9 Å². The van der Waals surface area contributed by atoms with Crippen molar-refractivity contribution in [2.24, 2.45) is 0 Å². The van der Waals surface area contributed by atoms with Gasteiger partial charge in [-0.1, -0.05) is 45.4 Å². The van der Waals surface area contributed by atoms with Crippen molar-refractivity contribution in [2.75, 3.05) is 40.3 Å². The van der Waals surface area contributed by atoms with Crippen LogP contribution in [0.3, 0.4) is 0 Å². The highest BCUT2D eigenvalue weighted by Gasteiger charge is 2.28. The minimum atomic E-state index is 0.0406. The molecular formula is C16H33N3O. The van der Waals surface area contributed by atoms with E-state index in [2.05, 4.69) is 17.1 Å². The molecule has 0 aromatic carbocycles. The van der Waals surface area contributed by atoms with E-state index in [1.807, 2.05) is 14.1 Å². The van der Waals surface area contributed by atoms with Crippen LogP contribution in [0.2, 0.25) is 0 Å². The highest BCUT2D eigenvalue weighted by atomic mass is 16.2. The van der Waals surface area contributed by atoms with Gasteiger partial charge in [0.15, 0.2) is 0 Å². The van der Waals surface area contributed by atoms with Crippen LogP contribution in [0.25, 0.3) is 0 Å². The zero-order chi connectivity index (χ0) is 14.8. The SMILES string of the molecule is CCCCCCCCCN1CCNCC1C(=O)N(C)C. The van der Waals surface area contributed by atoms with Crippen LogP contribution in [0.5, 0.6) is 0 Å². The van der Waals surface area contributed by atoms with Crippen molar-refractivity contribution < 1.29 is 4.79 Å². The smallest absolute Gasteiger partial charge is 0.240 e. The number of unbranched alkanes of at least 4 members (excludes halogenated alkanes) is 6. The van der Waals surface area contributed by atoms with Gasteiger partial charge < -0.3 is 10.2 Å². The molecule has 1 fully saturated rings. The Morgan fingerprint density at radius 1 is 1.15 bits per heavy atom. The number of piperazine rings is 1. The third-order valence-electron chi connectivity index (χ3n) is 4.13. The van der Waals surface area contributed by atoms with Crippen LogP contribution >= 0.6 is 0 Å². The van der Waals surface area contributed by atoms with Gasteiger partial charge >= 0.3 is 0 Å². The minimum absolute atomic E-state index is 0.0406. The van der Waals surface area contributed by atoms with E-state index in [-0.39, 0.29) is 11.9 Å². The van der Waals surface area contributed by atoms with Gasteiger partial charge in [0.05, 0.1) is 0 Å². The highest BCUT2D eigenvalue weighted by Crippen LogP contribution is 2.11. The molecule has 0 aromatic heterocycles. The van der Waals surface area contributed by atoms with Gasteiger partial charge in [0.1, 0.15) is 6.04 Å². The molecule has 1 heterocycles. The molecule has 1 atom stereocenters. The second-order valence-corrected chi connectivity index (χ2v) is 6.11. The van der Waals surface area contributed by atoms with Crippen molar-refractivity contribution in [3.63, 3.8) is 0 Å². The van der Waals surface area contributed by atoms with Gasteiger partial charge in [-0.15, -0.1) is 0 Å². The molecule has 0 spiro atoms. The van der Waals surface area contributed by atoms with Gasteiger partial charge in [0.25, 0.3) is 0 Å². The van der Waals surface area contributed by atoms with Gasteiger partial charge in [-0.3, -0.25) is 9.69 Å². The van der Waals surface area contributed by atoms with Crippen LogP contribution in [0.1, 0.15) is 51.9 Å². The molecule has 1 rings (SSSR count). The summed E-state index contributed by atoms with van der Waals surface area (Å²) in [5.74, 6) is 0.236. The number of hydrogen-bond donors (Lipinski definition) is 1. The normalized spacial score (nSPS) is 20.1. The summed E-state index contributed by atoms with van der Waals surface area (Å²) >= 11 is 0. The largest absolute Gasteiger partial charge is 0.347 e. The summed E-state index contributed by atoms with van der Waals surface area (Å²) in [4.78, 5) is 16.2. The van der Waals surface area contributed by atoms with Crippen LogP contribution in [-0.4, -0.2) is 62.0 Å². The second kappa shape index (κ2) is 10.2. The lowest BCUT2D eigenvalue weighted by Crippen LogP contribution is -2.57. The third kappa shape index (κ3) is 6.23. The molecule has 20 heavy (non-hydrogen) atoms. The molecular weight excluding hydrogens is 250 g/mol. The molecule has 4 nitrogen and oxygen atoms in total. The van der Waals surface area contributed by atoms with Gasteiger partial charge in [-0.25, -0.2) is 0 Å².